The Morgan fingerprint density at radius 2 is 1.15 bits per heavy atom. The van der Waals surface area contributed by atoms with Crippen LogP contribution in [0.1, 0.15) is 0 Å². The van der Waals surface area contributed by atoms with E-state index in [1.54, 1.807) is 21.8 Å². The SMILES string of the molecule is Clc1nc(Cl)c2ncn(CCOCCn3cnc4c(Cl)nc(Cl)nc43)c2n1. The first-order valence-corrected chi connectivity index (χ1v) is 9.19. The zero-order chi connectivity index (χ0) is 19.0. The van der Waals surface area contributed by atoms with Gasteiger partial charge in [0.15, 0.2) is 21.6 Å². The fourth-order valence-corrected chi connectivity index (χ4v) is 3.37. The summed E-state index contributed by atoms with van der Waals surface area (Å²) in [5, 5.41) is 0.579. The average Bonchev–Trinajstić information content (AvgIpc) is 3.19. The molecule has 0 saturated heterocycles. The van der Waals surface area contributed by atoms with Gasteiger partial charge in [-0.3, -0.25) is 0 Å². The van der Waals surface area contributed by atoms with Crippen LogP contribution in [0.25, 0.3) is 22.3 Å². The van der Waals surface area contributed by atoms with Crippen LogP contribution in [0.3, 0.4) is 0 Å². The molecule has 9 nitrogen and oxygen atoms in total. The Kier molecular flexibility index (Phi) is 5.29. The third kappa shape index (κ3) is 3.78. The van der Waals surface area contributed by atoms with Gasteiger partial charge >= 0.3 is 0 Å². The summed E-state index contributed by atoms with van der Waals surface area (Å²) in [4.78, 5) is 24.4. The van der Waals surface area contributed by atoms with Gasteiger partial charge in [0.25, 0.3) is 0 Å². The van der Waals surface area contributed by atoms with E-state index in [2.05, 4.69) is 29.9 Å². The molecule has 27 heavy (non-hydrogen) atoms. The molecule has 0 amide bonds. The molecule has 0 atom stereocenters. The van der Waals surface area contributed by atoms with E-state index < -0.39 is 0 Å². The molecule has 4 rings (SSSR count). The molecule has 0 aliphatic carbocycles. The predicted molar refractivity (Wildman–Crippen MR) is 102 cm³/mol. The van der Waals surface area contributed by atoms with Crippen molar-refractivity contribution in [2.45, 2.75) is 13.1 Å². The summed E-state index contributed by atoms with van der Waals surface area (Å²) >= 11 is 23.7. The number of hydrogen-bond acceptors (Lipinski definition) is 7. The first-order chi connectivity index (χ1) is 13.0. The number of rotatable bonds is 6. The van der Waals surface area contributed by atoms with Gasteiger partial charge in [0, 0.05) is 13.1 Å². The highest BCUT2D eigenvalue weighted by molar-refractivity contribution is 6.35. The summed E-state index contributed by atoms with van der Waals surface area (Å²) in [5.41, 5.74) is 2.12. The van der Waals surface area contributed by atoms with Gasteiger partial charge in [-0.15, -0.1) is 0 Å². The van der Waals surface area contributed by atoms with Crippen LogP contribution in [-0.2, 0) is 17.8 Å². The predicted octanol–water partition coefficient (Wildman–Crippen LogP) is 3.30. The van der Waals surface area contributed by atoms with Gasteiger partial charge in [0.1, 0.15) is 11.0 Å². The molecule has 140 valence electrons. The highest BCUT2D eigenvalue weighted by atomic mass is 35.5. The maximum absolute atomic E-state index is 6.01. The molecule has 0 fully saturated rings. The van der Waals surface area contributed by atoms with Crippen molar-refractivity contribution in [3.05, 3.63) is 33.5 Å². The smallest absolute Gasteiger partial charge is 0.225 e. The van der Waals surface area contributed by atoms with Gasteiger partial charge in [-0.05, 0) is 23.2 Å². The number of nitrogens with zero attached hydrogens (tertiary/aromatic N) is 8. The van der Waals surface area contributed by atoms with E-state index in [9.17, 15) is 0 Å². The van der Waals surface area contributed by atoms with Crippen molar-refractivity contribution in [3.63, 3.8) is 0 Å². The van der Waals surface area contributed by atoms with Crippen LogP contribution in [0, 0.1) is 0 Å². The number of imidazole rings is 2. The van der Waals surface area contributed by atoms with Gasteiger partial charge in [-0.2, -0.15) is 9.97 Å². The van der Waals surface area contributed by atoms with Crippen molar-refractivity contribution in [2.24, 2.45) is 0 Å². The van der Waals surface area contributed by atoms with Crippen molar-refractivity contribution in [1.82, 2.24) is 39.0 Å². The minimum Gasteiger partial charge on any atom is -0.378 e. The van der Waals surface area contributed by atoms with Crippen LogP contribution >= 0.6 is 46.4 Å². The Bertz CT molecular complexity index is 1040. The topological polar surface area (TPSA) is 96.4 Å². The van der Waals surface area contributed by atoms with E-state index in [1.807, 2.05) is 0 Å². The molecule has 4 aromatic rings. The Morgan fingerprint density at radius 1 is 0.704 bits per heavy atom. The zero-order valence-electron chi connectivity index (χ0n) is 13.5. The molecular weight excluding hydrogens is 438 g/mol. The van der Waals surface area contributed by atoms with Gasteiger partial charge in [-0.1, -0.05) is 23.2 Å². The van der Waals surface area contributed by atoms with E-state index in [-0.39, 0.29) is 20.9 Å². The van der Waals surface area contributed by atoms with E-state index in [0.29, 0.717) is 48.6 Å². The maximum Gasteiger partial charge on any atom is 0.225 e. The lowest BCUT2D eigenvalue weighted by Gasteiger charge is -2.07. The molecule has 4 aromatic heterocycles. The minimum absolute atomic E-state index is 0.0708. The first kappa shape index (κ1) is 18.6. The largest absolute Gasteiger partial charge is 0.378 e. The number of hydrogen-bond donors (Lipinski definition) is 0. The molecule has 0 unspecified atom stereocenters. The monoisotopic (exact) mass is 446 g/mol. The summed E-state index contributed by atoms with van der Waals surface area (Å²) in [7, 11) is 0. The third-order valence-electron chi connectivity index (χ3n) is 3.74. The number of aromatic nitrogens is 8. The van der Waals surface area contributed by atoms with Gasteiger partial charge < -0.3 is 13.9 Å². The molecule has 13 heteroatoms. The first-order valence-electron chi connectivity index (χ1n) is 7.68. The normalized spacial score (nSPS) is 11.7. The molecule has 0 N–H and O–H groups in total. The highest BCUT2D eigenvalue weighted by Gasteiger charge is 2.12. The van der Waals surface area contributed by atoms with E-state index in [0.717, 1.165) is 0 Å². The molecular formula is C14H10Cl4N8O. The third-order valence-corrected chi connectivity index (χ3v) is 4.61. The molecule has 0 aromatic carbocycles. The van der Waals surface area contributed by atoms with E-state index in [4.69, 9.17) is 51.1 Å². The lowest BCUT2D eigenvalue weighted by Crippen LogP contribution is -2.10. The van der Waals surface area contributed by atoms with Crippen LogP contribution < -0.4 is 0 Å². The van der Waals surface area contributed by atoms with Crippen LogP contribution in [0.2, 0.25) is 20.9 Å². The van der Waals surface area contributed by atoms with Crippen LogP contribution in [0.5, 0.6) is 0 Å². The lowest BCUT2D eigenvalue weighted by molar-refractivity contribution is 0.120. The van der Waals surface area contributed by atoms with Crippen LogP contribution in [0.15, 0.2) is 12.7 Å². The molecule has 0 aliphatic rings. The number of halogens is 4. The van der Waals surface area contributed by atoms with Gasteiger partial charge in [0.05, 0.1) is 25.9 Å². The maximum atomic E-state index is 6.01. The van der Waals surface area contributed by atoms with Crippen molar-refractivity contribution in [1.29, 1.82) is 0 Å². The fourth-order valence-electron chi connectivity index (χ4n) is 2.52. The standard InChI is InChI=1S/C14H10Cl4N8O/c15-9-7-11(23-13(17)21-9)25(5-19-7)1-3-27-4-2-26-6-20-8-10(16)22-14(18)24-12(8)26/h5-6H,1-4H2. The lowest BCUT2D eigenvalue weighted by atomic mass is 10.5. The second kappa shape index (κ2) is 7.69. The Labute approximate surface area is 172 Å². The molecule has 0 spiro atoms. The summed E-state index contributed by atoms with van der Waals surface area (Å²) in [5.74, 6) is 0. The molecule has 0 bridgehead atoms. The van der Waals surface area contributed by atoms with Crippen molar-refractivity contribution in [3.8, 4) is 0 Å². The summed E-state index contributed by atoms with van der Waals surface area (Å²) in [6.45, 7) is 1.94. The second-order valence-corrected chi connectivity index (χ2v) is 6.79. The van der Waals surface area contributed by atoms with Crippen LogP contribution in [0.4, 0.5) is 0 Å². The quantitative estimate of drug-likeness (QED) is 0.254. The number of fused-ring (bicyclic) bond motifs is 2. The summed E-state index contributed by atoms with van der Waals surface area (Å²) in [6.07, 6.45) is 3.24. The second-order valence-electron chi connectivity index (χ2n) is 5.40. The molecule has 0 aliphatic heterocycles. The molecule has 4 heterocycles. The van der Waals surface area contributed by atoms with Gasteiger partial charge in [-0.25, -0.2) is 19.9 Å². The van der Waals surface area contributed by atoms with E-state index in [1.165, 1.54) is 0 Å². The van der Waals surface area contributed by atoms with Crippen molar-refractivity contribution < 1.29 is 4.74 Å². The summed E-state index contributed by atoms with van der Waals surface area (Å²) in [6, 6.07) is 0. The van der Waals surface area contributed by atoms with E-state index >= 15 is 0 Å². The number of ether oxygens (including phenoxy) is 1. The highest BCUT2D eigenvalue weighted by Crippen LogP contribution is 2.21. The molecule has 0 radical (unpaired) electrons. The van der Waals surface area contributed by atoms with Gasteiger partial charge in [0.2, 0.25) is 10.6 Å². The minimum atomic E-state index is 0.0708. The molecule has 0 saturated carbocycles. The van der Waals surface area contributed by atoms with Crippen LogP contribution in [-0.4, -0.2) is 52.3 Å². The Balaban J connectivity index is 1.36. The van der Waals surface area contributed by atoms with Crippen molar-refractivity contribution >= 4 is 68.7 Å². The Morgan fingerprint density at radius 3 is 1.59 bits per heavy atom. The van der Waals surface area contributed by atoms with Crippen molar-refractivity contribution in [2.75, 3.05) is 13.2 Å². The average molecular weight is 448 g/mol. The fraction of sp³-hybridized carbons (Fsp3) is 0.286. The zero-order valence-corrected chi connectivity index (χ0v) is 16.5. The summed E-state index contributed by atoms with van der Waals surface area (Å²) < 4.78 is 9.28. The Hall–Kier alpha value is -1.78.